The quantitative estimate of drug-likeness (QED) is 0.784. The van der Waals surface area contributed by atoms with E-state index in [1.165, 1.54) is 0 Å². The summed E-state index contributed by atoms with van der Waals surface area (Å²) in [7, 11) is 0. The van der Waals surface area contributed by atoms with Crippen LogP contribution >= 0.6 is 11.6 Å². The van der Waals surface area contributed by atoms with Gasteiger partial charge in [0.2, 0.25) is 0 Å². The minimum Gasteiger partial charge on any atom is -0.480 e. The molecular formula is C13H22ClNO4. The SMILES string of the molecule is CC(C)(C)OC(=O)N[C@H](C(=O)O)C1CCC(Cl)CC1. The van der Waals surface area contributed by atoms with Crippen LogP contribution in [0.15, 0.2) is 0 Å². The van der Waals surface area contributed by atoms with E-state index in [4.69, 9.17) is 16.3 Å². The molecule has 0 heterocycles. The van der Waals surface area contributed by atoms with Crippen LogP contribution in [0.3, 0.4) is 0 Å². The number of alkyl carbamates (subject to hydrolysis) is 1. The van der Waals surface area contributed by atoms with E-state index in [2.05, 4.69) is 5.32 Å². The monoisotopic (exact) mass is 291 g/mol. The molecule has 0 aromatic rings. The highest BCUT2D eigenvalue weighted by Crippen LogP contribution is 2.30. The zero-order valence-electron chi connectivity index (χ0n) is 11.6. The maximum atomic E-state index is 11.7. The Labute approximate surface area is 118 Å². The molecule has 110 valence electrons. The van der Waals surface area contributed by atoms with Crippen molar-refractivity contribution in [2.45, 2.75) is 63.5 Å². The van der Waals surface area contributed by atoms with E-state index < -0.39 is 23.7 Å². The van der Waals surface area contributed by atoms with Gasteiger partial charge in [0.1, 0.15) is 11.6 Å². The Morgan fingerprint density at radius 3 is 2.21 bits per heavy atom. The number of amides is 1. The molecule has 2 N–H and O–H groups in total. The van der Waals surface area contributed by atoms with Crippen molar-refractivity contribution in [2.24, 2.45) is 5.92 Å². The number of alkyl halides is 1. The maximum Gasteiger partial charge on any atom is 0.408 e. The van der Waals surface area contributed by atoms with Gasteiger partial charge in [-0.2, -0.15) is 0 Å². The first-order chi connectivity index (χ1) is 8.69. The molecule has 0 aromatic heterocycles. The lowest BCUT2D eigenvalue weighted by Gasteiger charge is -2.30. The lowest BCUT2D eigenvalue weighted by molar-refractivity contribution is -0.141. The van der Waals surface area contributed by atoms with Crippen molar-refractivity contribution in [1.29, 1.82) is 0 Å². The smallest absolute Gasteiger partial charge is 0.408 e. The Bertz CT molecular complexity index is 332. The summed E-state index contributed by atoms with van der Waals surface area (Å²) in [5.74, 6) is -1.11. The Balaban J connectivity index is 2.58. The molecule has 0 saturated heterocycles. The number of aliphatic carboxylic acids is 1. The van der Waals surface area contributed by atoms with Crippen molar-refractivity contribution >= 4 is 23.7 Å². The molecule has 0 unspecified atom stereocenters. The minimum atomic E-state index is -1.02. The van der Waals surface area contributed by atoms with Crippen molar-refractivity contribution in [3.05, 3.63) is 0 Å². The van der Waals surface area contributed by atoms with Crippen molar-refractivity contribution in [3.63, 3.8) is 0 Å². The van der Waals surface area contributed by atoms with Gasteiger partial charge in [0, 0.05) is 5.38 Å². The van der Waals surface area contributed by atoms with Gasteiger partial charge in [-0.15, -0.1) is 11.6 Å². The van der Waals surface area contributed by atoms with Crippen molar-refractivity contribution in [1.82, 2.24) is 5.32 Å². The van der Waals surface area contributed by atoms with E-state index >= 15 is 0 Å². The van der Waals surface area contributed by atoms with Crippen LogP contribution in [0.1, 0.15) is 46.5 Å². The summed E-state index contributed by atoms with van der Waals surface area (Å²) < 4.78 is 5.09. The fourth-order valence-electron chi connectivity index (χ4n) is 2.23. The molecule has 0 radical (unpaired) electrons. The minimum absolute atomic E-state index is 0.0833. The molecule has 1 fully saturated rings. The number of rotatable bonds is 3. The van der Waals surface area contributed by atoms with Crippen LogP contribution in [-0.4, -0.2) is 34.2 Å². The summed E-state index contributed by atoms with van der Waals surface area (Å²) >= 11 is 6.00. The molecule has 6 heteroatoms. The van der Waals surface area contributed by atoms with Crippen molar-refractivity contribution in [2.75, 3.05) is 0 Å². The number of halogens is 1. The second-order valence-electron chi connectivity index (χ2n) is 5.97. The first-order valence-electron chi connectivity index (χ1n) is 6.55. The number of carboxylic acid groups (broad SMARTS) is 1. The summed E-state index contributed by atoms with van der Waals surface area (Å²) in [6.45, 7) is 5.21. The van der Waals surface area contributed by atoms with E-state index in [-0.39, 0.29) is 11.3 Å². The van der Waals surface area contributed by atoms with Crippen LogP contribution in [-0.2, 0) is 9.53 Å². The van der Waals surface area contributed by atoms with Gasteiger partial charge >= 0.3 is 12.1 Å². The normalized spacial score (nSPS) is 25.5. The zero-order valence-corrected chi connectivity index (χ0v) is 12.4. The van der Waals surface area contributed by atoms with Gasteiger partial charge in [0.15, 0.2) is 0 Å². The Morgan fingerprint density at radius 2 is 1.79 bits per heavy atom. The predicted octanol–water partition coefficient (Wildman–Crippen LogP) is 2.76. The molecule has 1 rings (SSSR count). The largest absolute Gasteiger partial charge is 0.480 e. The molecule has 1 aliphatic rings. The molecule has 0 bridgehead atoms. The summed E-state index contributed by atoms with van der Waals surface area (Å²) in [4.78, 5) is 22.9. The summed E-state index contributed by atoms with van der Waals surface area (Å²) in [5.41, 5.74) is -0.638. The first-order valence-corrected chi connectivity index (χ1v) is 6.99. The van der Waals surface area contributed by atoms with Gasteiger partial charge in [0.05, 0.1) is 0 Å². The van der Waals surface area contributed by atoms with Crippen LogP contribution in [0.4, 0.5) is 4.79 Å². The van der Waals surface area contributed by atoms with Gasteiger partial charge in [-0.25, -0.2) is 9.59 Å². The highest BCUT2D eigenvalue weighted by atomic mass is 35.5. The molecule has 0 aromatic carbocycles. The number of hydrogen-bond acceptors (Lipinski definition) is 3. The zero-order chi connectivity index (χ0) is 14.6. The molecule has 1 amide bonds. The topological polar surface area (TPSA) is 75.6 Å². The standard InChI is InChI=1S/C13H22ClNO4/c1-13(2,3)19-12(18)15-10(11(16)17)8-4-6-9(14)7-5-8/h8-10H,4-7H2,1-3H3,(H,15,18)(H,16,17)/t8?,9?,10-/m0/s1. The molecule has 0 aliphatic heterocycles. The molecule has 5 nitrogen and oxygen atoms in total. The van der Waals surface area contributed by atoms with Gasteiger partial charge in [0.25, 0.3) is 0 Å². The number of hydrogen-bond donors (Lipinski definition) is 2. The number of carbonyl (C=O) groups is 2. The molecule has 1 saturated carbocycles. The summed E-state index contributed by atoms with van der Waals surface area (Å²) in [6.07, 6.45) is 2.30. The van der Waals surface area contributed by atoms with Crippen LogP contribution < -0.4 is 5.32 Å². The van der Waals surface area contributed by atoms with Crippen molar-refractivity contribution < 1.29 is 19.4 Å². The number of carboxylic acids is 1. The molecule has 1 atom stereocenters. The van der Waals surface area contributed by atoms with E-state index in [0.717, 1.165) is 12.8 Å². The van der Waals surface area contributed by atoms with Gasteiger partial charge in [-0.3, -0.25) is 0 Å². The number of carbonyl (C=O) groups excluding carboxylic acids is 1. The van der Waals surface area contributed by atoms with Crippen LogP contribution in [0.25, 0.3) is 0 Å². The van der Waals surface area contributed by atoms with E-state index in [1.54, 1.807) is 20.8 Å². The average molecular weight is 292 g/mol. The first kappa shape index (κ1) is 16.1. The molecule has 19 heavy (non-hydrogen) atoms. The number of nitrogens with one attached hydrogen (secondary N) is 1. The summed E-state index contributed by atoms with van der Waals surface area (Å²) in [6, 6.07) is -0.904. The molecule has 0 spiro atoms. The lowest BCUT2D eigenvalue weighted by Crippen LogP contribution is -2.48. The van der Waals surface area contributed by atoms with E-state index in [9.17, 15) is 14.7 Å². The number of ether oxygens (including phenoxy) is 1. The fourth-order valence-corrected chi connectivity index (χ4v) is 2.48. The Hall–Kier alpha value is -0.970. The van der Waals surface area contributed by atoms with E-state index in [0.29, 0.717) is 12.8 Å². The summed E-state index contributed by atoms with van der Waals surface area (Å²) in [5, 5.41) is 11.8. The van der Waals surface area contributed by atoms with E-state index in [1.807, 2.05) is 0 Å². The van der Waals surface area contributed by atoms with Crippen LogP contribution in [0, 0.1) is 5.92 Å². The van der Waals surface area contributed by atoms with Gasteiger partial charge < -0.3 is 15.2 Å². The third-order valence-electron chi connectivity index (χ3n) is 3.11. The predicted molar refractivity (Wildman–Crippen MR) is 72.4 cm³/mol. The second kappa shape index (κ2) is 6.46. The van der Waals surface area contributed by atoms with Gasteiger partial charge in [-0.05, 0) is 52.4 Å². The molecular weight excluding hydrogens is 270 g/mol. The highest BCUT2D eigenvalue weighted by molar-refractivity contribution is 6.20. The van der Waals surface area contributed by atoms with Crippen LogP contribution in [0.2, 0.25) is 0 Å². The Morgan fingerprint density at radius 1 is 1.26 bits per heavy atom. The fraction of sp³-hybridized carbons (Fsp3) is 0.846. The second-order valence-corrected chi connectivity index (χ2v) is 6.59. The third kappa shape index (κ3) is 5.68. The molecule has 1 aliphatic carbocycles. The highest BCUT2D eigenvalue weighted by Gasteiger charge is 2.33. The average Bonchev–Trinajstić information content (AvgIpc) is 2.24. The lowest BCUT2D eigenvalue weighted by atomic mass is 9.83. The maximum absolute atomic E-state index is 11.7. The van der Waals surface area contributed by atoms with Crippen molar-refractivity contribution in [3.8, 4) is 0 Å². The Kier molecular flexibility index (Phi) is 5.47. The third-order valence-corrected chi connectivity index (χ3v) is 3.55. The van der Waals surface area contributed by atoms with Gasteiger partial charge in [-0.1, -0.05) is 0 Å². The van der Waals surface area contributed by atoms with Crippen LogP contribution in [0.5, 0.6) is 0 Å².